The summed E-state index contributed by atoms with van der Waals surface area (Å²) in [5.74, 6) is -0.381. The summed E-state index contributed by atoms with van der Waals surface area (Å²) in [4.78, 5) is 12.0. The topological polar surface area (TPSA) is 31.2 Å². The number of ether oxygens (including phenoxy) is 1. The number of rotatable bonds is 2. The van der Waals surface area contributed by atoms with Crippen molar-refractivity contribution in [2.45, 2.75) is 6.61 Å². The molecule has 1 aromatic heterocycles. The molecule has 20 heavy (non-hydrogen) atoms. The summed E-state index contributed by atoms with van der Waals surface area (Å²) in [5, 5.41) is 0.795. The Morgan fingerprint density at radius 3 is 2.70 bits per heavy atom. The number of carbonyl (C=O) groups excluding carboxylic acids is 1. The largest absolute Gasteiger partial charge is 0.444 e. The second kappa shape index (κ2) is 5.17. The lowest BCUT2D eigenvalue weighted by atomic mass is 10.2. The molecule has 100 valence electrons. The van der Waals surface area contributed by atoms with Gasteiger partial charge in [0.1, 0.15) is 12.4 Å². The molecule has 0 aliphatic carbocycles. The highest BCUT2D eigenvalue weighted by Gasteiger charge is 2.10. The number of carbonyl (C=O) groups is 1. The summed E-state index contributed by atoms with van der Waals surface area (Å²) >= 11 is 0. The van der Waals surface area contributed by atoms with Crippen molar-refractivity contribution in [1.29, 1.82) is 0 Å². The molecule has 0 fully saturated rings. The molecule has 3 nitrogen and oxygen atoms in total. The molecule has 0 unspecified atom stereocenters. The van der Waals surface area contributed by atoms with Crippen molar-refractivity contribution in [3.05, 3.63) is 72.2 Å². The van der Waals surface area contributed by atoms with E-state index in [1.165, 1.54) is 16.7 Å². The Bertz CT molecular complexity index is 750. The summed E-state index contributed by atoms with van der Waals surface area (Å²) in [6, 6.07) is 15.5. The average Bonchev–Trinajstić information content (AvgIpc) is 2.89. The van der Waals surface area contributed by atoms with E-state index in [1.807, 2.05) is 30.3 Å². The Morgan fingerprint density at radius 2 is 1.90 bits per heavy atom. The number of fused-ring (bicyclic) bond motifs is 1. The molecule has 0 N–H and O–H groups in total. The molecule has 0 bridgehead atoms. The predicted molar refractivity (Wildman–Crippen MR) is 73.9 cm³/mol. The standard InChI is InChI=1S/C16H12FNO2/c17-14-7-6-13-8-9-18(15(13)10-14)16(19)20-11-12-4-2-1-3-5-12/h1-10H,11H2. The van der Waals surface area contributed by atoms with Crippen molar-refractivity contribution < 1.29 is 13.9 Å². The quantitative estimate of drug-likeness (QED) is 0.705. The van der Waals surface area contributed by atoms with Gasteiger partial charge >= 0.3 is 6.09 Å². The van der Waals surface area contributed by atoms with Gasteiger partial charge in [0.2, 0.25) is 0 Å². The highest BCUT2D eigenvalue weighted by Crippen LogP contribution is 2.17. The van der Waals surface area contributed by atoms with E-state index in [0.717, 1.165) is 10.9 Å². The fourth-order valence-electron chi connectivity index (χ4n) is 2.05. The van der Waals surface area contributed by atoms with E-state index < -0.39 is 6.09 Å². The summed E-state index contributed by atoms with van der Waals surface area (Å²) in [7, 11) is 0. The lowest BCUT2D eigenvalue weighted by Gasteiger charge is -2.06. The van der Waals surface area contributed by atoms with Gasteiger partial charge in [-0.3, -0.25) is 4.57 Å². The van der Waals surface area contributed by atoms with E-state index in [9.17, 15) is 9.18 Å². The third kappa shape index (κ3) is 2.40. The molecule has 0 saturated carbocycles. The Labute approximate surface area is 115 Å². The number of halogens is 1. The normalized spacial score (nSPS) is 10.7. The van der Waals surface area contributed by atoms with E-state index >= 15 is 0 Å². The highest BCUT2D eigenvalue weighted by molar-refractivity contribution is 5.89. The summed E-state index contributed by atoms with van der Waals surface area (Å²) in [5.41, 5.74) is 1.41. The van der Waals surface area contributed by atoms with Crippen molar-refractivity contribution in [1.82, 2.24) is 4.57 Å². The highest BCUT2D eigenvalue weighted by atomic mass is 19.1. The van der Waals surface area contributed by atoms with Crippen molar-refractivity contribution in [2.75, 3.05) is 0 Å². The lowest BCUT2D eigenvalue weighted by Crippen LogP contribution is -2.12. The Kier molecular flexibility index (Phi) is 3.21. The predicted octanol–water partition coefficient (Wildman–Crippen LogP) is 3.97. The zero-order valence-corrected chi connectivity index (χ0v) is 10.6. The average molecular weight is 269 g/mol. The maximum atomic E-state index is 13.2. The summed E-state index contributed by atoms with van der Waals surface area (Å²) in [6.07, 6.45) is 1.06. The van der Waals surface area contributed by atoms with E-state index in [0.29, 0.717) is 5.52 Å². The first-order chi connectivity index (χ1) is 9.74. The smallest absolute Gasteiger partial charge is 0.418 e. The minimum Gasteiger partial charge on any atom is -0.444 e. The number of hydrogen-bond acceptors (Lipinski definition) is 2. The molecule has 0 aliphatic rings. The Morgan fingerprint density at radius 1 is 1.10 bits per heavy atom. The molecule has 0 amide bonds. The molecular weight excluding hydrogens is 257 g/mol. The summed E-state index contributed by atoms with van der Waals surface area (Å²) in [6.45, 7) is 0.189. The van der Waals surface area contributed by atoms with Crippen LogP contribution < -0.4 is 0 Å². The molecule has 0 aliphatic heterocycles. The third-order valence-corrected chi connectivity index (χ3v) is 3.06. The van der Waals surface area contributed by atoms with Gasteiger partial charge in [0.05, 0.1) is 5.52 Å². The van der Waals surface area contributed by atoms with Crippen LogP contribution in [0.25, 0.3) is 10.9 Å². The number of benzene rings is 2. The second-order valence-corrected chi connectivity index (χ2v) is 4.43. The molecule has 3 aromatic rings. The van der Waals surface area contributed by atoms with Crippen molar-refractivity contribution in [3.8, 4) is 0 Å². The number of hydrogen-bond donors (Lipinski definition) is 0. The first kappa shape index (κ1) is 12.4. The van der Waals surface area contributed by atoms with Crippen molar-refractivity contribution in [3.63, 3.8) is 0 Å². The van der Waals surface area contributed by atoms with E-state index in [4.69, 9.17) is 4.74 Å². The maximum Gasteiger partial charge on any atom is 0.418 e. The fourth-order valence-corrected chi connectivity index (χ4v) is 2.05. The third-order valence-electron chi connectivity index (χ3n) is 3.06. The van der Waals surface area contributed by atoms with Crippen LogP contribution in [-0.4, -0.2) is 10.7 Å². The molecule has 0 saturated heterocycles. The molecule has 2 aromatic carbocycles. The molecule has 4 heteroatoms. The molecular formula is C16H12FNO2. The van der Waals surface area contributed by atoms with E-state index in [1.54, 1.807) is 18.3 Å². The van der Waals surface area contributed by atoms with Gasteiger partial charge in [-0.25, -0.2) is 9.18 Å². The molecule has 0 radical (unpaired) electrons. The second-order valence-electron chi connectivity index (χ2n) is 4.43. The van der Waals surface area contributed by atoms with Gasteiger partial charge in [-0.2, -0.15) is 0 Å². The Hall–Kier alpha value is -2.62. The zero-order valence-electron chi connectivity index (χ0n) is 10.6. The van der Waals surface area contributed by atoms with Crippen LogP contribution in [0.5, 0.6) is 0 Å². The maximum absolute atomic E-state index is 13.2. The lowest BCUT2D eigenvalue weighted by molar-refractivity contribution is 0.142. The SMILES string of the molecule is O=C(OCc1ccccc1)n1ccc2ccc(F)cc21. The zero-order chi connectivity index (χ0) is 13.9. The molecule has 0 atom stereocenters. The Balaban J connectivity index is 1.80. The number of aromatic nitrogens is 1. The van der Waals surface area contributed by atoms with Gasteiger partial charge in [-0.15, -0.1) is 0 Å². The molecule has 0 spiro atoms. The first-order valence-electron chi connectivity index (χ1n) is 6.22. The van der Waals surface area contributed by atoms with Crippen LogP contribution in [0.1, 0.15) is 5.56 Å². The van der Waals surface area contributed by atoms with Crippen LogP contribution in [0.3, 0.4) is 0 Å². The summed E-state index contributed by atoms with van der Waals surface area (Å²) < 4.78 is 19.8. The molecule has 3 rings (SSSR count). The fraction of sp³-hybridized carbons (Fsp3) is 0.0625. The van der Waals surface area contributed by atoms with Gasteiger partial charge in [0.15, 0.2) is 0 Å². The monoisotopic (exact) mass is 269 g/mol. The first-order valence-corrected chi connectivity index (χ1v) is 6.22. The van der Waals surface area contributed by atoms with Gasteiger partial charge in [-0.05, 0) is 29.8 Å². The van der Waals surface area contributed by atoms with Crippen molar-refractivity contribution in [2.24, 2.45) is 0 Å². The number of nitrogens with zero attached hydrogens (tertiary/aromatic N) is 1. The van der Waals surface area contributed by atoms with Crippen LogP contribution in [0, 0.1) is 5.82 Å². The van der Waals surface area contributed by atoms with Gasteiger partial charge in [0.25, 0.3) is 0 Å². The van der Waals surface area contributed by atoms with E-state index in [2.05, 4.69) is 0 Å². The van der Waals surface area contributed by atoms with Gasteiger partial charge in [0, 0.05) is 11.6 Å². The van der Waals surface area contributed by atoms with Crippen LogP contribution in [0.2, 0.25) is 0 Å². The minimum atomic E-state index is -0.519. The van der Waals surface area contributed by atoms with Crippen LogP contribution in [0.4, 0.5) is 9.18 Å². The minimum absolute atomic E-state index is 0.189. The van der Waals surface area contributed by atoms with Crippen LogP contribution in [-0.2, 0) is 11.3 Å². The molecule has 1 heterocycles. The van der Waals surface area contributed by atoms with Gasteiger partial charge in [-0.1, -0.05) is 30.3 Å². The van der Waals surface area contributed by atoms with Crippen molar-refractivity contribution >= 4 is 17.0 Å². The van der Waals surface area contributed by atoms with Gasteiger partial charge < -0.3 is 4.74 Å². The van der Waals surface area contributed by atoms with Crippen LogP contribution in [0.15, 0.2) is 60.8 Å². The van der Waals surface area contributed by atoms with E-state index in [-0.39, 0.29) is 12.4 Å². The van der Waals surface area contributed by atoms with Crippen LogP contribution >= 0.6 is 0 Å².